The first-order chi connectivity index (χ1) is 15.6. The zero-order valence-corrected chi connectivity index (χ0v) is 20.4. The van der Waals surface area contributed by atoms with Gasteiger partial charge in [0.25, 0.3) is 0 Å². The van der Waals surface area contributed by atoms with Crippen LogP contribution in [0.25, 0.3) is 0 Å². The molecule has 1 aromatic carbocycles. The van der Waals surface area contributed by atoms with Gasteiger partial charge in [0.15, 0.2) is 17.2 Å². The van der Waals surface area contributed by atoms with Crippen LogP contribution in [0.5, 0.6) is 11.5 Å². The summed E-state index contributed by atoms with van der Waals surface area (Å²) in [6.07, 6.45) is 0.894. The lowest BCUT2D eigenvalue weighted by Crippen LogP contribution is -2.30. The molecule has 0 radical (unpaired) electrons. The van der Waals surface area contributed by atoms with Crippen molar-refractivity contribution in [3.63, 3.8) is 0 Å². The minimum Gasteiger partial charge on any atom is -0.493 e. The van der Waals surface area contributed by atoms with E-state index in [9.17, 15) is 14.4 Å². The fraction of sp³-hybridized carbons (Fsp3) is 0.462. The minimum absolute atomic E-state index is 0.00529. The number of carbonyl (C=O) groups is 3. The molecule has 33 heavy (non-hydrogen) atoms. The van der Waals surface area contributed by atoms with Crippen LogP contribution in [0.1, 0.15) is 68.6 Å². The van der Waals surface area contributed by atoms with Gasteiger partial charge in [0.2, 0.25) is 5.75 Å². The lowest BCUT2D eigenvalue weighted by Gasteiger charge is -2.26. The van der Waals surface area contributed by atoms with E-state index in [-0.39, 0.29) is 41.6 Å². The maximum atomic E-state index is 13.1. The summed E-state index contributed by atoms with van der Waals surface area (Å²) < 4.78 is 16.2. The van der Waals surface area contributed by atoms with Crippen molar-refractivity contribution in [2.24, 2.45) is 11.8 Å². The highest BCUT2D eigenvalue weighted by Crippen LogP contribution is 2.32. The molecule has 0 spiro atoms. The Kier molecular flexibility index (Phi) is 9.14. The van der Waals surface area contributed by atoms with Gasteiger partial charge in [-0.25, -0.2) is 4.98 Å². The molecule has 0 unspecified atom stereocenters. The Morgan fingerprint density at radius 2 is 1.70 bits per heavy atom. The number of nitrogens with zero attached hydrogens (tertiary/aromatic N) is 1. The van der Waals surface area contributed by atoms with Crippen LogP contribution < -0.4 is 9.47 Å². The second-order valence-corrected chi connectivity index (χ2v) is 8.55. The highest BCUT2D eigenvalue weighted by atomic mass is 16.6. The Hall–Kier alpha value is -3.22. The fourth-order valence-electron chi connectivity index (χ4n) is 3.64. The molecule has 0 amide bonds. The van der Waals surface area contributed by atoms with Crippen molar-refractivity contribution in [1.82, 2.24) is 4.98 Å². The van der Waals surface area contributed by atoms with E-state index in [1.165, 1.54) is 26.3 Å². The number of hydrogen-bond donors (Lipinski definition) is 0. The second-order valence-electron chi connectivity index (χ2n) is 8.55. The van der Waals surface area contributed by atoms with Gasteiger partial charge in [-0.15, -0.1) is 0 Å². The third kappa shape index (κ3) is 6.63. The first-order valence-corrected chi connectivity index (χ1v) is 11.1. The molecule has 2 rings (SSSR count). The van der Waals surface area contributed by atoms with Gasteiger partial charge in [0.05, 0.1) is 13.0 Å². The number of Topliss-reactive ketones (excluding diaryl/α,β-unsaturated/α-hetero) is 1. The van der Waals surface area contributed by atoms with Gasteiger partial charge >= 0.3 is 11.9 Å². The Bertz CT molecular complexity index is 1000. The van der Waals surface area contributed by atoms with Crippen LogP contribution >= 0.6 is 0 Å². The Morgan fingerprint density at radius 1 is 1.03 bits per heavy atom. The predicted octanol–water partition coefficient (Wildman–Crippen LogP) is 4.90. The number of esters is 2. The quantitative estimate of drug-likeness (QED) is 0.371. The molecule has 7 heteroatoms. The molecule has 2 aromatic rings. The summed E-state index contributed by atoms with van der Waals surface area (Å²) in [5.41, 5.74) is 2.19. The molecule has 7 nitrogen and oxygen atoms in total. The van der Waals surface area contributed by atoms with Gasteiger partial charge < -0.3 is 14.2 Å². The van der Waals surface area contributed by atoms with E-state index in [0.717, 1.165) is 11.1 Å². The van der Waals surface area contributed by atoms with Crippen LogP contribution in [0.15, 0.2) is 36.5 Å². The number of aryl methyl sites for hydroxylation is 1. The van der Waals surface area contributed by atoms with E-state index in [0.29, 0.717) is 0 Å². The Morgan fingerprint density at radius 3 is 2.27 bits per heavy atom. The third-order valence-corrected chi connectivity index (χ3v) is 5.80. The number of ketones is 1. The fourth-order valence-corrected chi connectivity index (χ4v) is 3.64. The standard InChI is InChI=1S/C26H33NO6/c1-15(2)21(26(30)32-18(5)17(4)20-11-9-8-10-16(20)3)14-22(29)24-25(33-19(6)28)23(31-7)12-13-27-24/h8-13,15,17-18,21H,14H2,1-7H3/t17-,18-,21+/m1/s1. The maximum Gasteiger partial charge on any atom is 0.309 e. The number of hydrogen-bond acceptors (Lipinski definition) is 7. The second kappa shape index (κ2) is 11.6. The molecule has 0 saturated heterocycles. The van der Waals surface area contributed by atoms with Gasteiger partial charge in [0, 0.05) is 31.5 Å². The molecule has 1 heterocycles. The van der Waals surface area contributed by atoms with Gasteiger partial charge in [-0.1, -0.05) is 45.0 Å². The molecular formula is C26H33NO6. The number of aromatic nitrogens is 1. The summed E-state index contributed by atoms with van der Waals surface area (Å²) >= 11 is 0. The largest absolute Gasteiger partial charge is 0.493 e. The molecule has 3 atom stereocenters. The van der Waals surface area contributed by atoms with Gasteiger partial charge in [-0.05, 0) is 30.9 Å². The third-order valence-electron chi connectivity index (χ3n) is 5.80. The molecule has 1 aromatic heterocycles. The number of carbonyl (C=O) groups excluding carboxylic acids is 3. The smallest absolute Gasteiger partial charge is 0.309 e. The number of benzene rings is 1. The summed E-state index contributed by atoms with van der Waals surface area (Å²) in [6, 6.07) is 9.48. The van der Waals surface area contributed by atoms with Crippen LogP contribution in [0.3, 0.4) is 0 Å². The van der Waals surface area contributed by atoms with Crippen molar-refractivity contribution in [3.8, 4) is 11.5 Å². The average molecular weight is 456 g/mol. The predicted molar refractivity (Wildman–Crippen MR) is 125 cm³/mol. The summed E-state index contributed by atoms with van der Waals surface area (Å²) in [6.45, 7) is 10.9. The Balaban J connectivity index is 2.20. The Labute approximate surface area is 195 Å². The van der Waals surface area contributed by atoms with Crippen molar-refractivity contribution >= 4 is 17.7 Å². The van der Waals surface area contributed by atoms with E-state index in [1.807, 2.05) is 58.9 Å². The van der Waals surface area contributed by atoms with Gasteiger partial charge in [-0.3, -0.25) is 14.4 Å². The summed E-state index contributed by atoms with van der Waals surface area (Å²) in [5.74, 6) is -2.14. The number of methoxy groups -OCH3 is 1. The van der Waals surface area contributed by atoms with Gasteiger partial charge in [-0.2, -0.15) is 0 Å². The van der Waals surface area contributed by atoms with Crippen molar-refractivity contribution < 1.29 is 28.6 Å². The molecule has 0 saturated carbocycles. The van der Waals surface area contributed by atoms with Crippen molar-refractivity contribution in [2.75, 3.05) is 7.11 Å². The molecule has 0 aliphatic rings. The maximum absolute atomic E-state index is 13.1. The van der Waals surface area contributed by atoms with E-state index in [1.54, 1.807) is 0 Å². The molecule has 0 fully saturated rings. The van der Waals surface area contributed by atoms with Crippen molar-refractivity contribution in [3.05, 3.63) is 53.3 Å². The number of pyridine rings is 1. The number of ether oxygens (including phenoxy) is 3. The van der Waals surface area contributed by atoms with E-state index in [4.69, 9.17) is 14.2 Å². The first kappa shape index (κ1) is 26.0. The molecular weight excluding hydrogens is 422 g/mol. The van der Waals surface area contributed by atoms with Crippen molar-refractivity contribution in [2.45, 2.75) is 60.0 Å². The first-order valence-electron chi connectivity index (χ1n) is 11.1. The minimum atomic E-state index is -0.679. The highest BCUT2D eigenvalue weighted by Gasteiger charge is 2.32. The molecule has 0 N–H and O–H groups in total. The summed E-state index contributed by atoms with van der Waals surface area (Å²) in [4.78, 5) is 41.8. The summed E-state index contributed by atoms with van der Waals surface area (Å²) in [7, 11) is 1.40. The average Bonchev–Trinajstić information content (AvgIpc) is 2.76. The van der Waals surface area contributed by atoms with Gasteiger partial charge in [0.1, 0.15) is 6.10 Å². The SMILES string of the molecule is COc1ccnc(C(=O)C[C@H](C(=O)O[C@H](C)[C@@H](C)c2ccccc2C)C(C)C)c1OC(C)=O. The van der Waals surface area contributed by atoms with Crippen molar-refractivity contribution in [1.29, 1.82) is 0 Å². The molecule has 0 aliphatic heterocycles. The van der Waals surface area contributed by atoms with Crippen LogP contribution in [0, 0.1) is 18.8 Å². The van der Waals surface area contributed by atoms with E-state index >= 15 is 0 Å². The van der Waals surface area contributed by atoms with Crippen LogP contribution in [0.4, 0.5) is 0 Å². The van der Waals surface area contributed by atoms with Crippen LogP contribution in [-0.2, 0) is 14.3 Å². The van der Waals surface area contributed by atoms with E-state index in [2.05, 4.69) is 4.98 Å². The summed E-state index contributed by atoms with van der Waals surface area (Å²) in [5, 5.41) is 0. The lowest BCUT2D eigenvalue weighted by molar-refractivity contribution is -0.155. The lowest BCUT2D eigenvalue weighted by atomic mass is 9.89. The highest BCUT2D eigenvalue weighted by molar-refractivity contribution is 6.00. The van der Waals surface area contributed by atoms with E-state index < -0.39 is 23.6 Å². The monoisotopic (exact) mass is 455 g/mol. The molecule has 178 valence electrons. The molecule has 0 aliphatic carbocycles. The number of rotatable bonds is 10. The zero-order valence-electron chi connectivity index (χ0n) is 20.4. The van der Waals surface area contributed by atoms with Crippen LogP contribution in [0.2, 0.25) is 0 Å². The van der Waals surface area contributed by atoms with Crippen LogP contribution in [-0.4, -0.2) is 35.9 Å². The normalized spacial score (nSPS) is 13.7. The topological polar surface area (TPSA) is 91.8 Å². The molecule has 0 bridgehead atoms. The zero-order chi connectivity index (χ0) is 24.7.